The fourth-order valence-electron chi connectivity index (χ4n) is 2.44. The molecule has 0 bridgehead atoms. The number of anilines is 1. The molecule has 1 aliphatic heterocycles. The SMILES string of the molecule is CC1CC(Nc2ccc3oc(C(C)C)nc3c2)CS1. The molecule has 0 aliphatic carbocycles. The highest BCUT2D eigenvalue weighted by molar-refractivity contribution is 8.00. The van der Waals surface area contributed by atoms with Gasteiger partial charge in [-0.25, -0.2) is 4.98 Å². The third-order valence-electron chi connectivity index (χ3n) is 3.47. The Morgan fingerprint density at radius 3 is 2.95 bits per heavy atom. The molecule has 102 valence electrons. The van der Waals surface area contributed by atoms with Gasteiger partial charge in [-0.2, -0.15) is 11.8 Å². The predicted octanol–water partition coefficient (Wildman–Crippen LogP) is 4.26. The Morgan fingerprint density at radius 2 is 2.26 bits per heavy atom. The first kappa shape index (κ1) is 12.9. The molecule has 2 unspecified atom stereocenters. The summed E-state index contributed by atoms with van der Waals surface area (Å²) in [4.78, 5) is 4.55. The van der Waals surface area contributed by atoms with Gasteiger partial charge in [0.15, 0.2) is 11.5 Å². The molecule has 3 nitrogen and oxygen atoms in total. The maximum Gasteiger partial charge on any atom is 0.198 e. The van der Waals surface area contributed by atoms with Gasteiger partial charge in [0.1, 0.15) is 5.52 Å². The molecule has 1 aliphatic rings. The number of benzene rings is 1. The molecular formula is C15H20N2OS. The first-order chi connectivity index (χ1) is 9.11. The summed E-state index contributed by atoms with van der Waals surface area (Å²) < 4.78 is 5.73. The number of thioether (sulfide) groups is 1. The van der Waals surface area contributed by atoms with E-state index in [1.807, 2.05) is 17.8 Å². The van der Waals surface area contributed by atoms with E-state index in [1.165, 1.54) is 12.2 Å². The molecule has 1 aromatic carbocycles. The fraction of sp³-hybridized carbons (Fsp3) is 0.533. The standard InChI is InChI=1S/C15H20N2OS/c1-9(2)15-17-13-7-11(4-5-14(13)18-15)16-12-6-10(3)19-8-12/h4-5,7,9-10,12,16H,6,8H2,1-3H3. The van der Waals surface area contributed by atoms with E-state index < -0.39 is 0 Å². The van der Waals surface area contributed by atoms with Crippen LogP contribution in [0, 0.1) is 0 Å². The summed E-state index contributed by atoms with van der Waals surface area (Å²) in [5.74, 6) is 2.34. The van der Waals surface area contributed by atoms with Crippen LogP contribution in [0.2, 0.25) is 0 Å². The summed E-state index contributed by atoms with van der Waals surface area (Å²) in [6.07, 6.45) is 1.23. The van der Waals surface area contributed by atoms with Crippen molar-refractivity contribution in [1.82, 2.24) is 4.98 Å². The van der Waals surface area contributed by atoms with Gasteiger partial charge in [0.05, 0.1) is 0 Å². The van der Waals surface area contributed by atoms with Crippen molar-refractivity contribution in [2.24, 2.45) is 0 Å². The van der Waals surface area contributed by atoms with Crippen LogP contribution in [0.4, 0.5) is 5.69 Å². The van der Waals surface area contributed by atoms with Gasteiger partial charge in [-0.3, -0.25) is 0 Å². The van der Waals surface area contributed by atoms with Gasteiger partial charge in [0.2, 0.25) is 0 Å². The summed E-state index contributed by atoms with van der Waals surface area (Å²) >= 11 is 2.04. The van der Waals surface area contributed by atoms with Gasteiger partial charge >= 0.3 is 0 Å². The van der Waals surface area contributed by atoms with Gasteiger partial charge in [0, 0.05) is 28.6 Å². The number of rotatable bonds is 3. The maximum absolute atomic E-state index is 5.73. The van der Waals surface area contributed by atoms with Crippen molar-refractivity contribution in [3.8, 4) is 0 Å². The second kappa shape index (κ2) is 5.08. The molecule has 4 heteroatoms. The molecular weight excluding hydrogens is 256 g/mol. The smallest absolute Gasteiger partial charge is 0.198 e. The molecule has 2 heterocycles. The lowest BCUT2D eigenvalue weighted by molar-refractivity contribution is 0.501. The Bertz CT molecular complexity index is 579. The van der Waals surface area contributed by atoms with Crippen molar-refractivity contribution < 1.29 is 4.42 Å². The summed E-state index contributed by atoms with van der Waals surface area (Å²) in [7, 11) is 0. The highest BCUT2D eigenvalue weighted by atomic mass is 32.2. The second-order valence-electron chi connectivity index (χ2n) is 5.61. The van der Waals surface area contributed by atoms with E-state index in [0.29, 0.717) is 12.0 Å². The molecule has 3 rings (SSSR count). The lowest BCUT2D eigenvalue weighted by Gasteiger charge is -2.12. The van der Waals surface area contributed by atoms with Gasteiger partial charge < -0.3 is 9.73 Å². The number of hydrogen-bond acceptors (Lipinski definition) is 4. The third-order valence-corrected chi connectivity index (χ3v) is 4.82. The third kappa shape index (κ3) is 2.73. The van der Waals surface area contributed by atoms with Crippen molar-refractivity contribution in [3.05, 3.63) is 24.1 Å². The minimum Gasteiger partial charge on any atom is -0.440 e. The van der Waals surface area contributed by atoms with Crippen LogP contribution in [0.15, 0.2) is 22.6 Å². The van der Waals surface area contributed by atoms with Crippen LogP contribution in [0.1, 0.15) is 39.0 Å². The Morgan fingerprint density at radius 1 is 1.42 bits per heavy atom. The Labute approximate surface area is 118 Å². The first-order valence-corrected chi connectivity index (χ1v) is 7.95. The quantitative estimate of drug-likeness (QED) is 0.909. The van der Waals surface area contributed by atoms with Crippen LogP contribution in [0.25, 0.3) is 11.1 Å². The maximum atomic E-state index is 5.73. The number of hydrogen-bond donors (Lipinski definition) is 1. The summed E-state index contributed by atoms with van der Waals surface area (Å²) in [5.41, 5.74) is 2.98. The van der Waals surface area contributed by atoms with Gasteiger partial charge in [0.25, 0.3) is 0 Å². The summed E-state index contributed by atoms with van der Waals surface area (Å²) in [6.45, 7) is 6.49. The first-order valence-electron chi connectivity index (χ1n) is 6.90. The second-order valence-corrected chi connectivity index (χ2v) is 7.08. The van der Waals surface area contributed by atoms with Crippen molar-refractivity contribution in [2.45, 2.75) is 44.4 Å². The largest absolute Gasteiger partial charge is 0.440 e. The summed E-state index contributed by atoms with van der Waals surface area (Å²) in [5, 5.41) is 4.36. The molecule has 2 atom stereocenters. The van der Waals surface area contributed by atoms with Crippen LogP contribution in [-0.4, -0.2) is 22.0 Å². The van der Waals surface area contributed by atoms with Crippen LogP contribution in [0.3, 0.4) is 0 Å². The molecule has 1 fully saturated rings. The summed E-state index contributed by atoms with van der Waals surface area (Å²) in [6, 6.07) is 6.78. The number of fused-ring (bicyclic) bond motifs is 1. The number of nitrogens with zero attached hydrogens (tertiary/aromatic N) is 1. The van der Waals surface area contributed by atoms with E-state index in [0.717, 1.165) is 27.9 Å². The zero-order valence-corrected chi connectivity index (χ0v) is 12.5. The normalized spacial score (nSPS) is 23.4. The average molecular weight is 276 g/mol. The van der Waals surface area contributed by atoms with E-state index in [4.69, 9.17) is 4.42 Å². The molecule has 1 N–H and O–H groups in total. The highest BCUT2D eigenvalue weighted by Gasteiger charge is 2.21. The monoisotopic (exact) mass is 276 g/mol. The van der Waals surface area contributed by atoms with Crippen molar-refractivity contribution in [1.29, 1.82) is 0 Å². The van der Waals surface area contributed by atoms with Crippen LogP contribution in [0.5, 0.6) is 0 Å². The minimum absolute atomic E-state index is 0.330. The van der Waals surface area contributed by atoms with Crippen LogP contribution in [-0.2, 0) is 0 Å². The van der Waals surface area contributed by atoms with E-state index >= 15 is 0 Å². The number of oxazole rings is 1. The zero-order valence-electron chi connectivity index (χ0n) is 11.6. The number of aromatic nitrogens is 1. The highest BCUT2D eigenvalue weighted by Crippen LogP contribution is 2.29. The van der Waals surface area contributed by atoms with E-state index in [-0.39, 0.29) is 0 Å². The molecule has 0 saturated carbocycles. The number of nitrogens with one attached hydrogen (secondary N) is 1. The molecule has 1 aromatic heterocycles. The zero-order chi connectivity index (χ0) is 13.4. The Kier molecular flexibility index (Phi) is 3.44. The van der Waals surface area contributed by atoms with Crippen LogP contribution >= 0.6 is 11.8 Å². The molecule has 0 spiro atoms. The predicted molar refractivity (Wildman–Crippen MR) is 82.0 cm³/mol. The van der Waals surface area contributed by atoms with E-state index in [1.54, 1.807) is 0 Å². The molecule has 2 aromatic rings. The van der Waals surface area contributed by atoms with Crippen molar-refractivity contribution in [3.63, 3.8) is 0 Å². The molecule has 19 heavy (non-hydrogen) atoms. The lowest BCUT2D eigenvalue weighted by Crippen LogP contribution is -2.18. The van der Waals surface area contributed by atoms with Crippen molar-refractivity contribution >= 4 is 28.5 Å². The minimum atomic E-state index is 0.330. The fourth-order valence-corrected chi connectivity index (χ4v) is 3.58. The van der Waals surface area contributed by atoms with Crippen molar-refractivity contribution in [2.75, 3.05) is 11.1 Å². The average Bonchev–Trinajstić information content (AvgIpc) is 2.95. The van der Waals surface area contributed by atoms with Crippen LogP contribution < -0.4 is 5.32 Å². The van der Waals surface area contributed by atoms with Gasteiger partial charge in [-0.1, -0.05) is 20.8 Å². The van der Waals surface area contributed by atoms with E-state index in [2.05, 4.69) is 43.2 Å². The topological polar surface area (TPSA) is 38.1 Å². The van der Waals surface area contributed by atoms with E-state index in [9.17, 15) is 0 Å². The Hall–Kier alpha value is -1.16. The lowest BCUT2D eigenvalue weighted by atomic mass is 10.2. The molecule has 0 radical (unpaired) electrons. The Balaban J connectivity index is 1.81. The molecule has 0 amide bonds. The van der Waals surface area contributed by atoms with Gasteiger partial charge in [-0.05, 0) is 24.6 Å². The molecule has 1 saturated heterocycles. The van der Waals surface area contributed by atoms with Gasteiger partial charge in [-0.15, -0.1) is 0 Å².